The number of nitrogens with one attached hydrogen (secondary N) is 2. The molecule has 0 bridgehead atoms. The molecule has 0 saturated carbocycles. The Morgan fingerprint density at radius 1 is 1.37 bits per heavy atom. The van der Waals surface area contributed by atoms with E-state index >= 15 is 0 Å². The molecular formula is C22H25FN4O3. The van der Waals surface area contributed by atoms with Gasteiger partial charge in [0.25, 0.3) is 11.8 Å². The van der Waals surface area contributed by atoms with E-state index in [1.165, 1.54) is 13.1 Å². The number of carbonyl (C=O) groups is 2. The minimum absolute atomic E-state index is 0.196. The van der Waals surface area contributed by atoms with Gasteiger partial charge in [0.1, 0.15) is 18.5 Å². The largest absolute Gasteiger partial charge is 0.486 e. The van der Waals surface area contributed by atoms with Crippen LogP contribution in [0.15, 0.2) is 48.8 Å². The lowest BCUT2D eigenvalue weighted by atomic mass is 9.86. The highest BCUT2D eigenvalue weighted by atomic mass is 19.1. The predicted octanol–water partition coefficient (Wildman–Crippen LogP) is 2.66. The summed E-state index contributed by atoms with van der Waals surface area (Å²) >= 11 is 0. The van der Waals surface area contributed by atoms with Crippen molar-refractivity contribution in [2.24, 2.45) is 7.05 Å². The number of aromatic nitrogens is 2. The van der Waals surface area contributed by atoms with Crippen molar-refractivity contribution >= 4 is 11.8 Å². The molecule has 8 heteroatoms. The molecule has 158 valence electrons. The summed E-state index contributed by atoms with van der Waals surface area (Å²) in [5, 5.41) is 9.45. The van der Waals surface area contributed by atoms with Crippen LogP contribution in [0.2, 0.25) is 0 Å². The summed E-state index contributed by atoms with van der Waals surface area (Å²) in [6.07, 6.45) is 6.14. The molecule has 1 aromatic carbocycles. The van der Waals surface area contributed by atoms with E-state index in [2.05, 4.69) is 22.3 Å². The molecule has 1 aliphatic rings. The molecule has 0 fully saturated rings. The van der Waals surface area contributed by atoms with Crippen LogP contribution >= 0.6 is 0 Å². The van der Waals surface area contributed by atoms with E-state index in [9.17, 15) is 14.0 Å². The van der Waals surface area contributed by atoms with Gasteiger partial charge in [0.2, 0.25) is 0 Å². The fraction of sp³-hybridized carbons (Fsp3) is 0.318. The summed E-state index contributed by atoms with van der Waals surface area (Å²) < 4.78 is 21.2. The van der Waals surface area contributed by atoms with Gasteiger partial charge in [-0.25, -0.2) is 4.39 Å². The van der Waals surface area contributed by atoms with E-state index in [0.717, 1.165) is 11.1 Å². The maximum absolute atomic E-state index is 13.8. The number of benzene rings is 1. The van der Waals surface area contributed by atoms with E-state index in [0.29, 0.717) is 23.4 Å². The van der Waals surface area contributed by atoms with E-state index < -0.39 is 24.6 Å². The second kappa shape index (κ2) is 8.94. The van der Waals surface area contributed by atoms with Crippen LogP contribution in [0.25, 0.3) is 0 Å². The van der Waals surface area contributed by atoms with Crippen molar-refractivity contribution < 1.29 is 18.7 Å². The first kappa shape index (κ1) is 21.3. The molecule has 3 rings (SSSR count). The van der Waals surface area contributed by atoms with E-state index in [4.69, 9.17) is 4.74 Å². The highest BCUT2D eigenvalue weighted by Crippen LogP contribution is 2.45. The van der Waals surface area contributed by atoms with Gasteiger partial charge in [0.15, 0.2) is 0 Å². The first-order chi connectivity index (χ1) is 14.4. The molecule has 7 nitrogen and oxygen atoms in total. The number of hydrogen-bond donors (Lipinski definition) is 2. The Bertz CT molecular complexity index is 1010. The quantitative estimate of drug-likeness (QED) is 0.685. The molecule has 0 aliphatic carbocycles. The van der Waals surface area contributed by atoms with Crippen LogP contribution in [-0.2, 0) is 13.6 Å². The maximum atomic E-state index is 13.8. The third-order valence-electron chi connectivity index (χ3n) is 5.12. The fourth-order valence-corrected chi connectivity index (χ4v) is 3.65. The zero-order valence-corrected chi connectivity index (χ0v) is 17.2. The molecule has 0 spiro atoms. The molecular weight excluding hydrogens is 387 g/mol. The van der Waals surface area contributed by atoms with Gasteiger partial charge < -0.3 is 15.4 Å². The lowest BCUT2D eigenvalue weighted by Crippen LogP contribution is -2.24. The number of fused-ring (bicyclic) bond motifs is 1. The summed E-state index contributed by atoms with van der Waals surface area (Å²) in [5.74, 6) is -0.920. The molecule has 0 unspecified atom stereocenters. The zero-order chi connectivity index (χ0) is 21.8. The number of aryl methyl sites for hydroxylation is 1. The van der Waals surface area contributed by atoms with Crippen LogP contribution in [0.5, 0.6) is 5.75 Å². The van der Waals surface area contributed by atoms with E-state index in [-0.39, 0.29) is 11.5 Å². The first-order valence-corrected chi connectivity index (χ1v) is 9.60. The second-order valence-corrected chi connectivity index (χ2v) is 7.01. The summed E-state index contributed by atoms with van der Waals surface area (Å²) in [5.41, 5.74) is 2.71. The van der Waals surface area contributed by atoms with Crippen LogP contribution in [0, 0.1) is 0 Å². The number of alkyl halides is 1. The van der Waals surface area contributed by atoms with Gasteiger partial charge in [-0.3, -0.25) is 14.3 Å². The summed E-state index contributed by atoms with van der Waals surface area (Å²) in [7, 11) is 3.28. The number of halogens is 1. The highest BCUT2D eigenvalue weighted by Gasteiger charge is 2.39. The van der Waals surface area contributed by atoms with Gasteiger partial charge in [-0.1, -0.05) is 18.7 Å². The van der Waals surface area contributed by atoms with Crippen molar-refractivity contribution in [3.63, 3.8) is 0 Å². The Balaban J connectivity index is 2.01. The number of allylic oxidation sites excluding steroid dienone is 2. The Morgan fingerprint density at radius 2 is 2.13 bits per heavy atom. The summed E-state index contributed by atoms with van der Waals surface area (Å²) in [6, 6.07) is 3.13. The van der Waals surface area contributed by atoms with Crippen LogP contribution in [0.3, 0.4) is 0 Å². The minimum atomic E-state index is -0.790. The van der Waals surface area contributed by atoms with Crippen molar-refractivity contribution in [1.29, 1.82) is 0 Å². The summed E-state index contributed by atoms with van der Waals surface area (Å²) in [4.78, 5) is 25.3. The van der Waals surface area contributed by atoms with Crippen molar-refractivity contribution in [3.8, 4) is 5.75 Å². The predicted molar refractivity (Wildman–Crippen MR) is 111 cm³/mol. The molecule has 2 N–H and O–H groups in total. The van der Waals surface area contributed by atoms with E-state index in [1.807, 2.05) is 13.0 Å². The van der Waals surface area contributed by atoms with Gasteiger partial charge in [0.05, 0.1) is 17.7 Å². The van der Waals surface area contributed by atoms with Crippen LogP contribution in [0.1, 0.15) is 44.7 Å². The molecule has 1 aliphatic heterocycles. The number of rotatable bonds is 7. The van der Waals surface area contributed by atoms with Crippen molar-refractivity contribution in [3.05, 3.63) is 71.1 Å². The fourth-order valence-electron chi connectivity index (χ4n) is 3.65. The Hall–Kier alpha value is -3.42. The Kier molecular flexibility index (Phi) is 6.34. The molecule has 2 aromatic rings. The number of nitrogens with zero attached hydrogens (tertiary/aromatic N) is 2. The smallest absolute Gasteiger partial charge is 0.254 e. The van der Waals surface area contributed by atoms with Gasteiger partial charge in [-0.2, -0.15) is 5.10 Å². The zero-order valence-electron chi connectivity index (χ0n) is 17.2. The van der Waals surface area contributed by atoms with Gasteiger partial charge in [-0.05, 0) is 24.6 Å². The van der Waals surface area contributed by atoms with Crippen molar-refractivity contribution in [1.82, 2.24) is 20.4 Å². The second-order valence-electron chi connectivity index (χ2n) is 7.01. The minimum Gasteiger partial charge on any atom is -0.486 e. The van der Waals surface area contributed by atoms with Gasteiger partial charge >= 0.3 is 0 Å². The molecule has 2 heterocycles. The third-order valence-corrected chi connectivity index (χ3v) is 5.12. The normalized spacial score (nSPS) is 17.8. The average Bonchev–Trinajstić information content (AvgIpc) is 3.35. The van der Waals surface area contributed by atoms with Crippen molar-refractivity contribution in [2.75, 3.05) is 13.7 Å². The number of hydrogen-bond acceptors (Lipinski definition) is 4. The standard InChI is InChI=1S/C22H25FN4O3/c1-5-14(6-2)19-16-7-15(21(28)25-10-13-11-26-27(4)12-13)8-17(22(29)24-3)20(16)30-18(19)9-23/h5-8,11-12,18-19H,1,9-10H2,2-4H3,(H,24,29)(H,25,28)/b14-6+/t18-,19+/m1/s1. The van der Waals surface area contributed by atoms with Crippen LogP contribution in [0.4, 0.5) is 4.39 Å². The molecule has 2 amide bonds. The van der Waals surface area contributed by atoms with Crippen molar-refractivity contribution in [2.45, 2.75) is 25.5 Å². The number of carbonyl (C=O) groups excluding carboxylic acids is 2. The molecule has 1 aromatic heterocycles. The molecule has 0 saturated heterocycles. The average molecular weight is 412 g/mol. The maximum Gasteiger partial charge on any atom is 0.254 e. The monoisotopic (exact) mass is 412 g/mol. The van der Waals surface area contributed by atoms with Gasteiger partial charge in [-0.15, -0.1) is 0 Å². The number of ether oxygens (including phenoxy) is 1. The highest BCUT2D eigenvalue weighted by molar-refractivity contribution is 6.02. The van der Waals surface area contributed by atoms with Crippen LogP contribution < -0.4 is 15.4 Å². The number of amides is 2. The topological polar surface area (TPSA) is 85.2 Å². The Labute approximate surface area is 174 Å². The van der Waals surface area contributed by atoms with E-state index in [1.54, 1.807) is 36.3 Å². The molecule has 2 atom stereocenters. The third kappa shape index (κ3) is 3.98. The lowest BCUT2D eigenvalue weighted by Gasteiger charge is -2.17. The molecule has 30 heavy (non-hydrogen) atoms. The Morgan fingerprint density at radius 3 is 2.70 bits per heavy atom. The molecule has 0 radical (unpaired) electrons. The summed E-state index contributed by atoms with van der Waals surface area (Å²) in [6.45, 7) is 5.18. The lowest BCUT2D eigenvalue weighted by molar-refractivity contribution is 0.0950. The van der Waals surface area contributed by atoms with Gasteiger partial charge in [0, 0.05) is 43.5 Å². The van der Waals surface area contributed by atoms with Crippen LogP contribution in [-0.4, -0.2) is 41.4 Å². The SMILES string of the molecule is C=C/C(=C\C)[C@H]1c2cc(C(=O)NCc3cnn(C)c3)cc(C(=O)NC)c2O[C@@H]1CF. The first-order valence-electron chi connectivity index (χ1n) is 9.60.